The zero-order valence-electron chi connectivity index (χ0n) is 19.9. The van der Waals surface area contributed by atoms with Crippen LogP contribution in [-0.2, 0) is 24.3 Å². The van der Waals surface area contributed by atoms with E-state index in [1.165, 1.54) is 0 Å². The van der Waals surface area contributed by atoms with Gasteiger partial charge in [0.2, 0.25) is 5.95 Å². The summed E-state index contributed by atoms with van der Waals surface area (Å²) in [6.07, 6.45) is -1.91. The highest BCUT2D eigenvalue weighted by Crippen LogP contribution is 2.32. The van der Waals surface area contributed by atoms with Crippen molar-refractivity contribution in [2.24, 2.45) is 5.73 Å². The lowest BCUT2D eigenvalue weighted by atomic mass is 9.92. The number of fused-ring (bicyclic) bond motifs is 2. The summed E-state index contributed by atoms with van der Waals surface area (Å²) in [4.78, 5) is 34.8. The van der Waals surface area contributed by atoms with Crippen LogP contribution in [0.1, 0.15) is 27.2 Å². The Morgan fingerprint density at radius 3 is 2.32 bits per heavy atom. The summed E-state index contributed by atoms with van der Waals surface area (Å²) in [5.74, 6) is -4.20. The van der Waals surface area contributed by atoms with E-state index in [1.54, 1.807) is 23.1 Å². The van der Waals surface area contributed by atoms with Crippen molar-refractivity contribution in [1.82, 2.24) is 14.9 Å². The number of nitrogens with two attached hydrogens (primary N) is 2. The number of carboxylic acids is 1. The lowest BCUT2D eigenvalue weighted by molar-refractivity contribution is -0.141. The molecule has 3 aromatic carbocycles. The highest BCUT2D eigenvalue weighted by atomic mass is 19.2. The van der Waals surface area contributed by atoms with Crippen molar-refractivity contribution in [3.8, 4) is 11.1 Å². The molecule has 0 bridgehead atoms. The van der Waals surface area contributed by atoms with Gasteiger partial charge in [-0.2, -0.15) is 0 Å². The normalized spacial score (nSPS) is 14.4. The summed E-state index contributed by atoms with van der Waals surface area (Å²) in [7, 11) is 0. The van der Waals surface area contributed by atoms with E-state index in [0.29, 0.717) is 29.6 Å². The average Bonchev–Trinajstić information content (AvgIpc) is 3.33. The predicted octanol–water partition coefficient (Wildman–Crippen LogP) is 2.63. The van der Waals surface area contributed by atoms with E-state index in [1.807, 2.05) is 24.3 Å². The molecule has 0 spiro atoms. The molecule has 1 aliphatic rings. The lowest BCUT2D eigenvalue weighted by Gasteiger charge is -2.19. The third-order valence-corrected chi connectivity index (χ3v) is 6.63. The van der Waals surface area contributed by atoms with Gasteiger partial charge in [0.25, 0.3) is 5.91 Å². The number of halogens is 2. The molecule has 4 aromatic rings. The predicted molar refractivity (Wildman–Crippen MR) is 135 cm³/mol. The fourth-order valence-electron chi connectivity index (χ4n) is 4.65. The number of carbonyl (C=O) groups excluding carboxylic acids is 1. The van der Waals surface area contributed by atoms with E-state index in [0.717, 1.165) is 23.3 Å². The van der Waals surface area contributed by atoms with Crippen LogP contribution in [0.2, 0.25) is 0 Å². The molecule has 0 radical (unpaired) electrons. The molecule has 2 heterocycles. The molecule has 9 nitrogen and oxygen atoms in total. The van der Waals surface area contributed by atoms with Gasteiger partial charge in [-0.25, -0.2) is 18.7 Å². The van der Waals surface area contributed by atoms with Crippen molar-refractivity contribution in [3.05, 3.63) is 88.6 Å². The van der Waals surface area contributed by atoms with Crippen LogP contribution >= 0.6 is 0 Å². The van der Waals surface area contributed by atoms with Gasteiger partial charge >= 0.3 is 5.97 Å². The molecule has 38 heavy (non-hydrogen) atoms. The number of amides is 1. The minimum Gasteiger partial charge on any atom is -0.480 e. The Morgan fingerprint density at radius 1 is 1.00 bits per heavy atom. The number of aliphatic hydroxyl groups excluding tert-OH is 1. The number of aliphatic hydroxyl groups is 1. The van der Waals surface area contributed by atoms with Crippen LogP contribution in [-0.4, -0.2) is 49.1 Å². The number of anilines is 1. The second-order valence-corrected chi connectivity index (χ2v) is 9.15. The highest BCUT2D eigenvalue weighted by molar-refractivity contribution is 6.06. The molecule has 2 unspecified atom stereocenters. The van der Waals surface area contributed by atoms with Gasteiger partial charge in [-0.1, -0.05) is 30.3 Å². The third kappa shape index (κ3) is 4.64. The number of nitrogens with zero attached hydrogens (tertiary/aromatic N) is 3. The molecule has 0 saturated heterocycles. The van der Waals surface area contributed by atoms with Gasteiger partial charge < -0.3 is 26.6 Å². The zero-order chi connectivity index (χ0) is 27.1. The molecule has 1 aromatic heterocycles. The Balaban J connectivity index is 1.58. The van der Waals surface area contributed by atoms with E-state index in [2.05, 4.69) is 9.97 Å². The smallest absolute Gasteiger partial charge is 0.323 e. The zero-order valence-corrected chi connectivity index (χ0v) is 19.9. The second-order valence-electron chi connectivity index (χ2n) is 9.15. The first-order chi connectivity index (χ1) is 18.1. The number of hydrogen-bond donors (Lipinski definition) is 4. The molecular formula is C27H23F2N5O4. The molecule has 1 aliphatic heterocycles. The Hall–Kier alpha value is -4.48. The topological polar surface area (TPSA) is 156 Å². The van der Waals surface area contributed by atoms with Crippen molar-refractivity contribution in [2.45, 2.75) is 31.7 Å². The molecule has 194 valence electrons. The monoisotopic (exact) mass is 519 g/mol. The lowest BCUT2D eigenvalue weighted by Crippen LogP contribution is -2.43. The number of aromatic nitrogens is 2. The van der Waals surface area contributed by atoms with Crippen molar-refractivity contribution in [2.75, 3.05) is 5.73 Å². The van der Waals surface area contributed by atoms with E-state index in [-0.39, 0.29) is 35.1 Å². The summed E-state index contributed by atoms with van der Waals surface area (Å²) in [5.41, 5.74) is 14.6. The highest BCUT2D eigenvalue weighted by Gasteiger charge is 2.28. The van der Waals surface area contributed by atoms with Gasteiger partial charge in [0.1, 0.15) is 11.7 Å². The fourth-order valence-corrected chi connectivity index (χ4v) is 4.65. The van der Waals surface area contributed by atoms with Crippen molar-refractivity contribution in [1.29, 1.82) is 0 Å². The SMILES string of the molecule is Nc1nc(C(=O)N2Cc3ccccc3C2)c2cc(-c3cc(F)c(F)cc3CC(O)C(N)C(=O)O)ccc2n1. The maximum atomic E-state index is 14.3. The average molecular weight is 520 g/mol. The molecule has 11 heteroatoms. The second kappa shape index (κ2) is 9.77. The van der Waals surface area contributed by atoms with Crippen LogP contribution in [0.15, 0.2) is 54.6 Å². The molecule has 5 rings (SSSR count). The number of aliphatic carboxylic acids is 1. The van der Waals surface area contributed by atoms with Crippen molar-refractivity contribution in [3.63, 3.8) is 0 Å². The van der Waals surface area contributed by atoms with Gasteiger partial charge in [0, 0.05) is 24.9 Å². The summed E-state index contributed by atoms with van der Waals surface area (Å²) < 4.78 is 28.5. The summed E-state index contributed by atoms with van der Waals surface area (Å²) >= 11 is 0. The Bertz CT molecular complexity index is 1570. The van der Waals surface area contributed by atoms with Crippen molar-refractivity contribution >= 4 is 28.7 Å². The Labute approximate surface area is 215 Å². The first-order valence-electron chi connectivity index (χ1n) is 11.7. The molecule has 0 fully saturated rings. The fraction of sp³-hybridized carbons (Fsp3) is 0.185. The van der Waals surface area contributed by atoms with Crippen LogP contribution in [0.5, 0.6) is 0 Å². The summed E-state index contributed by atoms with van der Waals surface area (Å²) in [5, 5.41) is 19.7. The van der Waals surface area contributed by atoms with Gasteiger partial charge in [-0.3, -0.25) is 9.59 Å². The van der Waals surface area contributed by atoms with Gasteiger partial charge in [-0.15, -0.1) is 0 Å². The molecule has 0 aliphatic carbocycles. The van der Waals surface area contributed by atoms with E-state index in [9.17, 15) is 23.5 Å². The Morgan fingerprint density at radius 2 is 1.66 bits per heavy atom. The van der Waals surface area contributed by atoms with Crippen LogP contribution in [0.25, 0.3) is 22.0 Å². The first kappa shape index (κ1) is 25.2. The minimum atomic E-state index is -1.63. The summed E-state index contributed by atoms with van der Waals surface area (Å²) in [6.45, 7) is 0.796. The molecule has 0 saturated carbocycles. The van der Waals surface area contributed by atoms with E-state index < -0.39 is 29.7 Å². The first-order valence-corrected chi connectivity index (χ1v) is 11.7. The standard InChI is InChI=1S/C27H23F2N5O4/c28-19-8-16(9-22(35)23(30)26(37)38)17(10-20(19)29)13-5-6-21-18(7-13)24(33-27(31)32-21)25(36)34-11-14-3-1-2-4-15(14)12-34/h1-8,10,22-23,35H,9,11-12,30H2,(H,37,38)(H2,31,32,33). The van der Waals surface area contributed by atoms with Gasteiger partial charge in [-0.05, 0) is 52.1 Å². The molecular weight excluding hydrogens is 496 g/mol. The van der Waals surface area contributed by atoms with E-state index >= 15 is 0 Å². The number of rotatable bonds is 6. The molecule has 2 atom stereocenters. The molecule has 6 N–H and O–H groups in total. The maximum absolute atomic E-state index is 14.3. The summed E-state index contributed by atoms with van der Waals surface area (Å²) in [6, 6.07) is 12.6. The van der Waals surface area contributed by atoms with Gasteiger partial charge in [0.15, 0.2) is 11.6 Å². The third-order valence-electron chi connectivity index (χ3n) is 6.63. The van der Waals surface area contributed by atoms with Crippen LogP contribution in [0.4, 0.5) is 14.7 Å². The van der Waals surface area contributed by atoms with Gasteiger partial charge in [0.05, 0.1) is 11.6 Å². The van der Waals surface area contributed by atoms with Crippen molar-refractivity contribution < 1.29 is 28.6 Å². The number of carbonyl (C=O) groups is 2. The number of benzene rings is 3. The Kier molecular flexibility index (Phi) is 6.47. The largest absolute Gasteiger partial charge is 0.480 e. The van der Waals surface area contributed by atoms with Crippen LogP contribution in [0, 0.1) is 11.6 Å². The van der Waals surface area contributed by atoms with Crippen LogP contribution in [0.3, 0.4) is 0 Å². The van der Waals surface area contributed by atoms with E-state index in [4.69, 9.17) is 16.6 Å². The minimum absolute atomic E-state index is 0.0548. The van der Waals surface area contributed by atoms with Crippen LogP contribution < -0.4 is 11.5 Å². The number of hydrogen-bond acceptors (Lipinski definition) is 7. The molecule has 1 amide bonds. The number of carboxylic acid groups (broad SMARTS) is 1. The maximum Gasteiger partial charge on any atom is 0.323 e. The quantitative estimate of drug-likeness (QED) is 0.303. The number of nitrogen functional groups attached to an aromatic ring is 1.